The Balaban J connectivity index is 1.70. The molecule has 2 aliphatic rings. The molecule has 1 saturated heterocycles. The van der Waals surface area contributed by atoms with Crippen LogP contribution in [0, 0.1) is 11.3 Å². The molecular weight excluding hydrogens is 442 g/mol. The monoisotopic (exact) mass is 467 g/mol. The lowest BCUT2D eigenvalue weighted by molar-refractivity contribution is -0.129. The van der Waals surface area contributed by atoms with E-state index in [4.69, 9.17) is 18.9 Å². The second-order valence-electron chi connectivity index (χ2n) is 7.48. The summed E-state index contributed by atoms with van der Waals surface area (Å²) < 4.78 is 21.8. The Kier molecular flexibility index (Phi) is 6.56. The van der Waals surface area contributed by atoms with Crippen LogP contribution in [0.15, 0.2) is 47.0 Å². The van der Waals surface area contributed by atoms with Gasteiger partial charge in [0.1, 0.15) is 11.5 Å². The van der Waals surface area contributed by atoms with Gasteiger partial charge in [-0.2, -0.15) is 5.26 Å². The van der Waals surface area contributed by atoms with Gasteiger partial charge in [0.05, 0.1) is 63.3 Å². The van der Waals surface area contributed by atoms with Crippen LogP contribution in [0.4, 0.5) is 5.69 Å². The molecule has 0 aliphatic carbocycles. The smallest absolute Gasteiger partial charge is 0.229 e. The Hall–Kier alpha value is -3.51. The number of fused-ring (bicyclic) bond motifs is 1. The zero-order chi connectivity index (χ0) is 23.5. The van der Waals surface area contributed by atoms with E-state index in [1.54, 1.807) is 39.4 Å². The summed E-state index contributed by atoms with van der Waals surface area (Å²) in [6.45, 7) is 0.330. The molecule has 0 bridgehead atoms. The number of para-hydroxylation sites is 1. The average molecular weight is 468 g/mol. The Morgan fingerprint density at radius 1 is 1.03 bits per heavy atom. The lowest BCUT2D eigenvalue weighted by atomic mass is 9.85. The topological polar surface area (TPSA) is 84.3 Å². The Morgan fingerprint density at radius 2 is 1.82 bits per heavy atom. The lowest BCUT2D eigenvalue weighted by Gasteiger charge is -2.42. The minimum Gasteiger partial charge on any atom is -0.497 e. The van der Waals surface area contributed by atoms with E-state index in [0.29, 0.717) is 46.1 Å². The van der Waals surface area contributed by atoms with Gasteiger partial charge in [0.15, 0.2) is 11.5 Å². The number of amides is 1. The first-order chi connectivity index (χ1) is 16.1. The van der Waals surface area contributed by atoms with E-state index in [1.807, 2.05) is 35.2 Å². The molecule has 1 fully saturated rings. The van der Waals surface area contributed by atoms with E-state index in [2.05, 4.69) is 6.07 Å². The standard InChI is InChI=1S/C24H25N3O5S/c1-29-15-8-9-19(21(10-15)31-3)26-13-27-22(28)11-17(18(12-25)24(27)33-14-26)16-6-5-7-20(30-2)23(16)32-4/h5-10,17H,11,13-14H2,1-4H3. The minimum absolute atomic E-state index is 0.0523. The zero-order valence-electron chi connectivity index (χ0n) is 19.0. The molecule has 1 atom stereocenters. The SMILES string of the molecule is COc1ccc(N2CSC3=C(C#N)C(c4cccc(OC)c4OC)CC(=O)N3C2)c(OC)c1. The predicted molar refractivity (Wildman–Crippen MR) is 126 cm³/mol. The van der Waals surface area contributed by atoms with Crippen molar-refractivity contribution in [3.8, 4) is 29.1 Å². The van der Waals surface area contributed by atoms with Crippen LogP contribution in [0.25, 0.3) is 0 Å². The molecule has 8 nitrogen and oxygen atoms in total. The summed E-state index contributed by atoms with van der Waals surface area (Å²) in [6.07, 6.45) is 0.171. The summed E-state index contributed by atoms with van der Waals surface area (Å²) >= 11 is 1.47. The Morgan fingerprint density at radius 3 is 2.48 bits per heavy atom. The van der Waals surface area contributed by atoms with Crippen molar-refractivity contribution in [1.29, 1.82) is 5.26 Å². The second kappa shape index (κ2) is 9.55. The van der Waals surface area contributed by atoms with Gasteiger partial charge in [-0.05, 0) is 18.2 Å². The summed E-state index contributed by atoms with van der Waals surface area (Å²) in [5.41, 5.74) is 2.19. The summed E-state index contributed by atoms with van der Waals surface area (Å²) in [4.78, 5) is 17.0. The van der Waals surface area contributed by atoms with Gasteiger partial charge in [0.25, 0.3) is 0 Å². The van der Waals surface area contributed by atoms with Crippen molar-refractivity contribution in [2.24, 2.45) is 0 Å². The highest BCUT2D eigenvalue weighted by atomic mass is 32.2. The third-order valence-electron chi connectivity index (χ3n) is 5.83. The molecular formula is C24H25N3O5S. The molecule has 1 unspecified atom stereocenters. The summed E-state index contributed by atoms with van der Waals surface area (Å²) in [5, 5.41) is 10.8. The number of ether oxygens (including phenoxy) is 4. The number of nitrogens with zero attached hydrogens (tertiary/aromatic N) is 3. The number of thioether (sulfide) groups is 1. The molecule has 1 amide bonds. The highest BCUT2D eigenvalue weighted by Gasteiger charge is 2.40. The highest BCUT2D eigenvalue weighted by molar-refractivity contribution is 8.03. The van der Waals surface area contributed by atoms with Crippen LogP contribution in [0.1, 0.15) is 17.9 Å². The third-order valence-corrected chi connectivity index (χ3v) is 6.98. The Bertz CT molecular complexity index is 1140. The maximum Gasteiger partial charge on any atom is 0.229 e. The molecule has 172 valence electrons. The molecule has 2 heterocycles. The van der Waals surface area contributed by atoms with E-state index in [9.17, 15) is 10.1 Å². The van der Waals surface area contributed by atoms with Crippen LogP contribution in [0.2, 0.25) is 0 Å². The van der Waals surface area contributed by atoms with Gasteiger partial charge in [-0.25, -0.2) is 0 Å². The van der Waals surface area contributed by atoms with Gasteiger partial charge in [-0.3, -0.25) is 9.69 Å². The second-order valence-corrected chi connectivity index (χ2v) is 8.42. The zero-order valence-corrected chi connectivity index (χ0v) is 19.8. The quantitative estimate of drug-likeness (QED) is 0.632. The van der Waals surface area contributed by atoms with Crippen molar-refractivity contribution in [2.45, 2.75) is 12.3 Å². The number of carbonyl (C=O) groups excluding carboxylic acids is 1. The number of benzene rings is 2. The van der Waals surface area contributed by atoms with Crippen molar-refractivity contribution in [3.63, 3.8) is 0 Å². The first-order valence-electron chi connectivity index (χ1n) is 10.3. The van der Waals surface area contributed by atoms with Crippen molar-refractivity contribution in [3.05, 3.63) is 52.6 Å². The molecule has 0 saturated carbocycles. The highest BCUT2D eigenvalue weighted by Crippen LogP contribution is 2.47. The molecule has 2 aromatic carbocycles. The van der Waals surface area contributed by atoms with Crippen molar-refractivity contribution < 1.29 is 23.7 Å². The molecule has 0 aromatic heterocycles. The van der Waals surface area contributed by atoms with Gasteiger partial charge in [-0.1, -0.05) is 23.9 Å². The number of allylic oxidation sites excluding steroid dienone is 1. The minimum atomic E-state index is -0.395. The number of hydrogen-bond acceptors (Lipinski definition) is 8. The first-order valence-corrected chi connectivity index (χ1v) is 11.3. The third kappa shape index (κ3) is 4.02. The molecule has 0 radical (unpaired) electrons. The number of rotatable bonds is 6. The normalized spacial score (nSPS) is 17.9. The van der Waals surface area contributed by atoms with Gasteiger partial charge < -0.3 is 23.8 Å². The molecule has 2 aromatic rings. The summed E-state index contributed by atoms with van der Waals surface area (Å²) in [5.74, 6) is 2.58. The number of hydrogen-bond donors (Lipinski definition) is 0. The fourth-order valence-electron chi connectivity index (χ4n) is 4.21. The van der Waals surface area contributed by atoms with Crippen molar-refractivity contribution in [2.75, 3.05) is 45.9 Å². The van der Waals surface area contributed by atoms with Crippen LogP contribution in [0.5, 0.6) is 23.0 Å². The van der Waals surface area contributed by atoms with E-state index < -0.39 is 5.92 Å². The number of methoxy groups -OCH3 is 4. The van der Waals surface area contributed by atoms with Crippen molar-refractivity contribution in [1.82, 2.24) is 4.90 Å². The number of carbonyl (C=O) groups is 1. The van der Waals surface area contributed by atoms with Gasteiger partial charge in [0, 0.05) is 24.0 Å². The van der Waals surface area contributed by atoms with Gasteiger partial charge >= 0.3 is 0 Å². The molecule has 2 aliphatic heterocycles. The molecule has 33 heavy (non-hydrogen) atoms. The van der Waals surface area contributed by atoms with E-state index >= 15 is 0 Å². The number of nitriles is 1. The average Bonchev–Trinajstić information content (AvgIpc) is 2.87. The fraction of sp³-hybridized carbons (Fsp3) is 0.333. The van der Waals surface area contributed by atoms with Crippen LogP contribution >= 0.6 is 11.8 Å². The Labute approximate surface area is 197 Å². The maximum atomic E-state index is 13.3. The van der Waals surface area contributed by atoms with Crippen LogP contribution < -0.4 is 23.8 Å². The van der Waals surface area contributed by atoms with Gasteiger partial charge in [-0.15, -0.1) is 0 Å². The van der Waals surface area contributed by atoms with Crippen LogP contribution in [0.3, 0.4) is 0 Å². The van der Waals surface area contributed by atoms with Crippen LogP contribution in [-0.2, 0) is 4.79 Å². The fourth-order valence-corrected chi connectivity index (χ4v) is 5.37. The first kappa shape index (κ1) is 22.7. The predicted octanol–water partition coefficient (Wildman–Crippen LogP) is 3.94. The molecule has 9 heteroatoms. The largest absolute Gasteiger partial charge is 0.497 e. The summed E-state index contributed by atoms with van der Waals surface area (Å²) in [7, 11) is 6.34. The molecule has 0 spiro atoms. The van der Waals surface area contributed by atoms with Crippen LogP contribution in [-0.4, -0.2) is 51.8 Å². The van der Waals surface area contributed by atoms with E-state index in [1.165, 1.54) is 11.8 Å². The van der Waals surface area contributed by atoms with E-state index in [-0.39, 0.29) is 12.3 Å². The lowest BCUT2D eigenvalue weighted by Crippen LogP contribution is -2.47. The van der Waals surface area contributed by atoms with Crippen molar-refractivity contribution >= 4 is 23.4 Å². The van der Waals surface area contributed by atoms with Gasteiger partial charge in [0.2, 0.25) is 5.91 Å². The maximum absolute atomic E-state index is 13.3. The van der Waals surface area contributed by atoms with E-state index in [0.717, 1.165) is 11.3 Å². The molecule has 0 N–H and O–H groups in total. The molecule has 4 rings (SSSR count). The summed E-state index contributed by atoms with van der Waals surface area (Å²) in [6, 6.07) is 13.5. The number of anilines is 1.